The number of benzene rings is 1. The van der Waals surface area contributed by atoms with Gasteiger partial charge in [-0.1, -0.05) is 0 Å². The lowest BCUT2D eigenvalue weighted by Gasteiger charge is -2.16. The molecular formula is C25H28N6O2. The van der Waals surface area contributed by atoms with Gasteiger partial charge in [0.05, 0.1) is 17.0 Å². The maximum Gasteiger partial charge on any atom is 0.147 e. The van der Waals surface area contributed by atoms with Gasteiger partial charge in [-0.25, -0.2) is 15.0 Å². The van der Waals surface area contributed by atoms with E-state index in [1.807, 2.05) is 31.3 Å². The first-order chi connectivity index (χ1) is 16.2. The Balaban J connectivity index is 1.16. The lowest BCUT2D eigenvalue weighted by Crippen LogP contribution is -2.18. The van der Waals surface area contributed by atoms with E-state index in [0.29, 0.717) is 12.4 Å². The van der Waals surface area contributed by atoms with E-state index in [-0.39, 0.29) is 12.3 Å². The summed E-state index contributed by atoms with van der Waals surface area (Å²) in [6.07, 6.45) is 9.12. The van der Waals surface area contributed by atoms with Crippen molar-refractivity contribution in [1.82, 2.24) is 19.5 Å². The average molecular weight is 445 g/mol. The second-order valence-electron chi connectivity index (χ2n) is 9.07. The Morgan fingerprint density at radius 1 is 1.15 bits per heavy atom. The van der Waals surface area contributed by atoms with Crippen LogP contribution in [0.4, 0.5) is 11.6 Å². The normalized spacial score (nSPS) is 20.5. The second kappa shape index (κ2) is 8.19. The summed E-state index contributed by atoms with van der Waals surface area (Å²) in [5.74, 6) is 2.95. The molecular weight excluding hydrogens is 416 g/mol. The van der Waals surface area contributed by atoms with Crippen LogP contribution in [0.3, 0.4) is 0 Å². The van der Waals surface area contributed by atoms with Crippen molar-refractivity contribution >= 4 is 33.6 Å². The third-order valence-electron chi connectivity index (χ3n) is 6.67. The number of hydrogen-bond donors (Lipinski definition) is 2. The standard InChI is InChI=1S/C25H28N6O2/c1-27-21-8-5-16-4-6-18(11-20(16)30-21)32-13-19-7-9-22(33-19)31-12-17(10-15-2-3-15)23-24(26)28-14-29-25(23)31/h4-6,8,11-12,14-15,19,22H,2-3,7,9-10,13H2,1H3,(H,27,30)(H2,26,28,29). The van der Waals surface area contributed by atoms with E-state index in [1.165, 1.54) is 24.7 Å². The number of nitrogens with zero attached hydrogens (tertiary/aromatic N) is 4. The highest BCUT2D eigenvalue weighted by Gasteiger charge is 2.31. The van der Waals surface area contributed by atoms with Gasteiger partial charge in [-0.05, 0) is 67.9 Å². The van der Waals surface area contributed by atoms with Crippen LogP contribution in [0, 0.1) is 5.92 Å². The first-order valence-electron chi connectivity index (χ1n) is 11.6. The van der Waals surface area contributed by atoms with Crippen molar-refractivity contribution in [2.45, 2.75) is 44.4 Å². The van der Waals surface area contributed by atoms with E-state index in [9.17, 15) is 0 Å². The zero-order chi connectivity index (χ0) is 22.4. The van der Waals surface area contributed by atoms with Crippen molar-refractivity contribution in [2.75, 3.05) is 24.7 Å². The molecule has 1 saturated carbocycles. The topological polar surface area (TPSA) is 100 Å². The highest BCUT2D eigenvalue weighted by Crippen LogP contribution is 2.38. The fourth-order valence-electron chi connectivity index (χ4n) is 4.72. The monoisotopic (exact) mass is 444 g/mol. The number of anilines is 2. The van der Waals surface area contributed by atoms with Crippen molar-refractivity contribution in [3.63, 3.8) is 0 Å². The molecule has 1 saturated heterocycles. The minimum Gasteiger partial charge on any atom is -0.491 e. The van der Waals surface area contributed by atoms with E-state index >= 15 is 0 Å². The Labute approximate surface area is 192 Å². The molecule has 3 N–H and O–H groups in total. The molecule has 170 valence electrons. The largest absolute Gasteiger partial charge is 0.491 e. The van der Waals surface area contributed by atoms with Crippen LogP contribution in [-0.2, 0) is 11.2 Å². The van der Waals surface area contributed by atoms with E-state index in [0.717, 1.165) is 58.7 Å². The lowest BCUT2D eigenvalue weighted by atomic mass is 10.1. The summed E-state index contributed by atoms with van der Waals surface area (Å²) in [5.41, 5.74) is 9.24. The Hall–Kier alpha value is -3.39. The molecule has 8 heteroatoms. The minimum absolute atomic E-state index is 0.0193. The molecule has 33 heavy (non-hydrogen) atoms. The predicted octanol–water partition coefficient (Wildman–Crippen LogP) is 4.31. The van der Waals surface area contributed by atoms with Gasteiger partial charge in [-0.15, -0.1) is 0 Å². The fourth-order valence-corrected chi connectivity index (χ4v) is 4.72. The van der Waals surface area contributed by atoms with Crippen LogP contribution in [0.5, 0.6) is 5.75 Å². The first kappa shape index (κ1) is 20.2. The van der Waals surface area contributed by atoms with Gasteiger partial charge in [0.2, 0.25) is 0 Å². The van der Waals surface area contributed by atoms with E-state index in [4.69, 9.17) is 15.2 Å². The van der Waals surface area contributed by atoms with Crippen LogP contribution < -0.4 is 15.8 Å². The Kier molecular flexibility index (Phi) is 5.02. The molecule has 1 aliphatic heterocycles. The number of ether oxygens (including phenoxy) is 2. The number of pyridine rings is 1. The van der Waals surface area contributed by atoms with Crippen LogP contribution in [0.2, 0.25) is 0 Å². The maximum atomic E-state index is 6.39. The number of nitrogens with two attached hydrogens (primary N) is 1. The number of fused-ring (bicyclic) bond motifs is 2. The number of nitrogen functional groups attached to an aromatic ring is 1. The Morgan fingerprint density at radius 2 is 2.03 bits per heavy atom. The number of nitrogens with one attached hydrogen (secondary N) is 1. The summed E-state index contributed by atoms with van der Waals surface area (Å²) in [7, 11) is 1.87. The zero-order valence-corrected chi connectivity index (χ0v) is 18.7. The van der Waals surface area contributed by atoms with Crippen LogP contribution in [0.15, 0.2) is 42.9 Å². The zero-order valence-electron chi connectivity index (χ0n) is 18.7. The van der Waals surface area contributed by atoms with Gasteiger partial charge in [0.15, 0.2) is 0 Å². The molecule has 4 aromatic rings. The third-order valence-corrected chi connectivity index (χ3v) is 6.67. The smallest absolute Gasteiger partial charge is 0.147 e. The Bertz CT molecular complexity index is 1320. The number of aromatic nitrogens is 4. The van der Waals surface area contributed by atoms with Gasteiger partial charge < -0.3 is 25.1 Å². The molecule has 4 heterocycles. The molecule has 8 nitrogen and oxygen atoms in total. The highest BCUT2D eigenvalue weighted by atomic mass is 16.6. The number of hydrogen-bond acceptors (Lipinski definition) is 7. The van der Waals surface area contributed by atoms with Crippen LogP contribution >= 0.6 is 0 Å². The van der Waals surface area contributed by atoms with Gasteiger partial charge in [-0.3, -0.25) is 0 Å². The molecule has 0 spiro atoms. The minimum atomic E-state index is -0.0696. The molecule has 6 rings (SSSR count). The Morgan fingerprint density at radius 3 is 2.88 bits per heavy atom. The summed E-state index contributed by atoms with van der Waals surface area (Å²) < 4.78 is 14.6. The summed E-state index contributed by atoms with van der Waals surface area (Å²) >= 11 is 0. The van der Waals surface area contributed by atoms with Gasteiger partial charge in [0.1, 0.15) is 42.2 Å². The van der Waals surface area contributed by atoms with Crippen LogP contribution in [0.1, 0.15) is 37.5 Å². The quantitative estimate of drug-likeness (QED) is 0.438. The first-order valence-corrected chi connectivity index (χ1v) is 11.6. The van der Waals surface area contributed by atoms with Crippen molar-refractivity contribution in [3.05, 3.63) is 48.4 Å². The predicted molar refractivity (Wildman–Crippen MR) is 128 cm³/mol. The molecule has 0 amide bonds. The number of rotatable bonds is 7. The van der Waals surface area contributed by atoms with E-state index in [1.54, 1.807) is 0 Å². The summed E-state index contributed by atoms with van der Waals surface area (Å²) in [5, 5.41) is 5.14. The second-order valence-corrected chi connectivity index (χ2v) is 9.07. The van der Waals surface area contributed by atoms with Crippen molar-refractivity contribution in [3.8, 4) is 5.75 Å². The molecule has 2 atom stereocenters. The van der Waals surface area contributed by atoms with Gasteiger partial charge in [0.25, 0.3) is 0 Å². The summed E-state index contributed by atoms with van der Waals surface area (Å²) in [4.78, 5) is 13.4. The molecule has 2 aliphatic rings. The molecule has 1 aliphatic carbocycles. The summed E-state index contributed by atoms with van der Waals surface area (Å²) in [6, 6.07) is 10.0. The molecule has 2 unspecified atom stereocenters. The third kappa shape index (κ3) is 3.95. The molecule has 3 aromatic heterocycles. The average Bonchev–Trinajstić information content (AvgIpc) is 3.39. The van der Waals surface area contributed by atoms with Crippen molar-refractivity contribution in [2.24, 2.45) is 5.92 Å². The molecule has 1 aromatic carbocycles. The lowest BCUT2D eigenvalue weighted by molar-refractivity contribution is -0.0156. The molecule has 2 fully saturated rings. The van der Waals surface area contributed by atoms with Crippen molar-refractivity contribution < 1.29 is 9.47 Å². The van der Waals surface area contributed by atoms with Crippen LogP contribution in [0.25, 0.3) is 21.9 Å². The molecule has 0 radical (unpaired) electrons. The summed E-state index contributed by atoms with van der Waals surface area (Å²) in [6.45, 7) is 0.499. The van der Waals surface area contributed by atoms with Gasteiger partial charge in [0, 0.05) is 24.7 Å². The van der Waals surface area contributed by atoms with Crippen LogP contribution in [-0.4, -0.2) is 39.3 Å². The highest BCUT2D eigenvalue weighted by molar-refractivity contribution is 5.90. The SMILES string of the molecule is CNc1ccc2ccc(OCC3CCC(n4cc(CC5CC5)c5c(N)ncnc54)O3)cc2n1. The fraction of sp³-hybridized carbons (Fsp3) is 0.400. The van der Waals surface area contributed by atoms with E-state index < -0.39 is 0 Å². The van der Waals surface area contributed by atoms with Gasteiger partial charge in [-0.2, -0.15) is 0 Å². The maximum absolute atomic E-state index is 6.39. The van der Waals surface area contributed by atoms with Crippen molar-refractivity contribution in [1.29, 1.82) is 0 Å². The van der Waals surface area contributed by atoms with E-state index in [2.05, 4.69) is 37.1 Å². The van der Waals surface area contributed by atoms with Gasteiger partial charge >= 0.3 is 0 Å². The molecule has 0 bridgehead atoms.